The molecule has 142 valence electrons. The number of sulfonamides is 1. The van der Waals surface area contributed by atoms with Gasteiger partial charge in [-0.05, 0) is 31.0 Å². The number of aliphatic carboxylic acids is 1. The van der Waals surface area contributed by atoms with E-state index in [2.05, 4.69) is 9.47 Å². The van der Waals surface area contributed by atoms with Gasteiger partial charge in [0.15, 0.2) is 0 Å². The van der Waals surface area contributed by atoms with Gasteiger partial charge in [-0.15, -0.1) is 0 Å². The first-order chi connectivity index (χ1) is 12.2. The number of carbonyl (C=O) groups is 3. The molecular formula is C16H19NO8S. The molecule has 1 aromatic carbocycles. The van der Waals surface area contributed by atoms with Crippen molar-refractivity contribution >= 4 is 27.9 Å². The van der Waals surface area contributed by atoms with Crippen LogP contribution in [0.2, 0.25) is 0 Å². The van der Waals surface area contributed by atoms with Gasteiger partial charge in [0.2, 0.25) is 10.0 Å². The van der Waals surface area contributed by atoms with Crippen LogP contribution in [0.25, 0.3) is 0 Å². The molecule has 0 spiro atoms. The molecule has 1 N–H and O–H groups in total. The van der Waals surface area contributed by atoms with E-state index < -0.39 is 33.8 Å². The largest absolute Gasteiger partial charge is 0.481 e. The number of nitrogens with zero attached hydrogens (tertiary/aromatic N) is 1. The fraction of sp³-hybridized carbons (Fsp3) is 0.438. The Morgan fingerprint density at radius 1 is 1.08 bits per heavy atom. The molecule has 1 aliphatic rings. The molecule has 1 heterocycles. The van der Waals surface area contributed by atoms with Crippen molar-refractivity contribution < 1.29 is 37.4 Å². The first-order valence-electron chi connectivity index (χ1n) is 7.75. The maximum absolute atomic E-state index is 12.9. The molecule has 10 heteroatoms. The SMILES string of the molecule is COC(=O)c1cc(C(=O)OC)cc(S(=O)(=O)N2CCCC(C(=O)O)C2)c1. The van der Waals surface area contributed by atoms with Gasteiger partial charge in [0.1, 0.15) is 0 Å². The number of carboxylic acid groups (broad SMARTS) is 1. The Morgan fingerprint density at radius 2 is 1.62 bits per heavy atom. The van der Waals surface area contributed by atoms with E-state index in [1.54, 1.807) is 0 Å². The smallest absolute Gasteiger partial charge is 0.337 e. The fourth-order valence-corrected chi connectivity index (χ4v) is 4.33. The maximum Gasteiger partial charge on any atom is 0.337 e. The summed E-state index contributed by atoms with van der Waals surface area (Å²) >= 11 is 0. The van der Waals surface area contributed by atoms with Crippen LogP contribution in [0.5, 0.6) is 0 Å². The maximum atomic E-state index is 12.9. The van der Waals surface area contributed by atoms with E-state index in [-0.39, 0.29) is 29.1 Å². The summed E-state index contributed by atoms with van der Waals surface area (Å²) in [6.45, 7) is -0.0181. The van der Waals surface area contributed by atoms with Gasteiger partial charge >= 0.3 is 17.9 Å². The van der Waals surface area contributed by atoms with Gasteiger partial charge in [-0.25, -0.2) is 18.0 Å². The molecule has 9 nitrogen and oxygen atoms in total. The Hall–Kier alpha value is -2.46. The van der Waals surface area contributed by atoms with Gasteiger partial charge in [0.25, 0.3) is 0 Å². The molecule has 1 saturated heterocycles. The zero-order chi connectivity index (χ0) is 19.5. The first-order valence-corrected chi connectivity index (χ1v) is 9.19. The Bertz CT molecular complexity index is 798. The van der Waals surface area contributed by atoms with E-state index >= 15 is 0 Å². The molecule has 0 aliphatic carbocycles. The van der Waals surface area contributed by atoms with Crippen molar-refractivity contribution in [1.82, 2.24) is 4.31 Å². The first kappa shape index (κ1) is 19.9. The van der Waals surface area contributed by atoms with Crippen molar-refractivity contribution in [3.8, 4) is 0 Å². The quantitative estimate of drug-likeness (QED) is 0.736. The van der Waals surface area contributed by atoms with Crippen molar-refractivity contribution in [2.24, 2.45) is 5.92 Å². The minimum Gasteiger partial charge on any atom is -0.481 e. The molecule has 1 aromatic rings. The van der Waals surface area contributed by atoms with E-state index in [0.717, 1.165) is 30.7 Å². The zero-order valence-corrected chi connectivity index (χ0v) is 15.1. The summed E-state index contributed by atoms with van der Waals surface area (Å²) in [5, 5.41) is 9.15. The monoisotopic (exact) mass is 385 g/mol. The third kappa shape index (κ3) is 4.02. The predicted octanol–water partition coefficient (Wildman–Crippen LogP) is 0.745. The molecule has 1 atom stereocenters. The van der Waals surface area contributed by atoms with Gasteiger partial charge in [-0.2, -0.15) is 4.31 Å². The molecule has 0 bridgehead atoms. The highest BCUT2D eigenvalue weighted by Crippen LogP contribution is 2.26. The second-order valence-electron chi connectivity index (χ2n) is 5.77. The van der Waals surface area contributed by atoms with E-state index in [0.29, 0.717) is 12.8 Å². The highest BCUT2D eigenvalue weighted by atomic mass is 32.2. The second-order valence-corrected chi connectivity index (χ2v) is 7.71. The van der Waals surface area contributed by atoms with Crippen LogP contribution < -0.4 is 0 Å². The average molecular weight is 385 g/mol. The van der Waals surface area contributed by atoms with Crippen molar-refractivity contribution in [3.63, 3.8) is 0 Å². The van der Waals surface area contributed by atoms with Crippen LogP contribution in [0.4, 0.5) is 0 Å². The molecular weight excluding hydrogens is 366 g/mol. The highest BCUT2D eigenvalue weighted by Gasteiger charge is 2.34. The fourth-order valence-electron chi connectivity index (χ4n) is 2.73. The molecule has 26 heavy (non-hydrogen) atoms. The summed E-state index contributed by atoms with van der Waals surface area (Å²) < 4.78 is 36.0. The topological polar surface area (TPSA) is 127 Å². The predicted molar refractivity (Wildman–Crippen MR) is 88.2 cm³/mol. The van der Waals surface area contributed by atoms with Gasteiger partial charge in [0.05, 0.1) is 36.2 Å². The molecule has 0 amide bonds. The number of esters is 2. The van der Waals surface area contributed by atoms with Gasteiger partial charge in [-0.1, -0.05) is 0 Å². The Balaban J connectivity index is 2.49. The van der Waals surface area contributed by atoms with Crippen molar-refractivity contribution in [2.45, 2.75) is 17.7 Å². The molecule has 1 unspecified atom stereocenters. The minimum atomic E-state index is -4.10. The summed E-state index contributed by atoms with van der Waals surface area (Å²) in [5.74, 6) is -3.49. The normalized spacial score (nSPS) is 18.2. The van der Waals surface area contributed by atoms with Gasteiger partial charge in [-0.3, -0.25) is 4.79 Å². The second kappa shape index (κ2) is 7.83. The van der Waals surface area contributed by atoms with Crippen LogP contribution in [0.15, 0.2) is 23.1 Å². The lowest BCUT2D eigenvalue weighted by Gasteiger charge is -2.30. The lowest BCUT2D eigenvalue weighted by atomic mass is 10.0. The zero-order valence-electron chi connectivity index (χ0n) is 14.3. The number of hydrogen-bond acceptors (Lipinski definition) is 7. The number of benzene rings is 1. The number of piperidine rings is 1. The summed E-state index contributed by atoms with van der Waals surface area (Å²) in [6, 6.07) is 3.36. The molecule has 2 rings (SSSR count). The molecule has 1 aliphatic heterocycles. The number of ether oxygens (including phenoxy) is 2. The van der Waals surface area contributed by atoms with Crippen LogP contribution in [-0.2, 0) is 24.3 Å². The number of carbonyl (C=O) groups excluding carboxylic acids is 2. The molecule has 0 saturated carbocycles. The third-order valence-electron chi connectivity index (χ3n) is 4.12. The lowest BCUT2D eigenvalue weighted by molar-refractivity contribution is -0.142. The standard InChI is InChI=1S/C16H19NO8S/c1-24-15(20)11-6-12(16(21)25-2)8-13(7-11)26(22,23)17-5-3-4-10(9-17)14(18)19/h6-8,10H,3-5,9H2,1-2H3,(H,18,19). The summed E-state index contributed by atoms with van der Waals surface area (Å²) in [4.78, 5) is 34.5. The molecule has 0 aromatic heterocycles. The van der Waals surface area contributed by atoms with Crippen molar-refractivity contribution in [1.29, 1.82) is 0 Å². The van der Waals surface area contributed by atoms with Crippen molar-refractivity contribution in [2.75, 3.05) is 27.3 Å². The summed E-state index contributed by atoms with van der Waals surface area (Å²) in [7, 11) is -1.85. The number of carboxylic acids is 1. The highest BCUT2D eigenvalue weighted by molar-refractivity contribution is 7.89. The van der Waals surface area contributed by atoms with Crippen LogP contribution in [-0.4, -0.2) is 63.0 Å². The Labute approximate surface area is 150 Å². The van der Waals surface area contributed by atoms with Crippen LogP contribution in [0.3, 0.4) is 0 Å². The summed E-state index contributed by atoms with van der Waals surface area (Å²) in [5.41, 5.74) is -0.249. The average Bonchev–Trinajstić information content (AvgIpc) is 2.66. The van der Waals surface area contributed by atoms with Crippen molar-refractivity contribution in [3.05, 3.63) is 29.3 Å². The van der Waals surface area contributed by atoms with Crippen LogP contribution in [0, 0.1) is 5.92 Å². The molecule has 1 fully saturated rings. The minimum absolute atomic E-state index is 0.124. The van der Waals surface area contributed by atoms with Crippen LogP contribution >= 0.6 is 0 Å². The summed E-state index contributed by atoms with van der Waals surface area (Å²) in [6.07, 6.45) is 0.785. The van der Waals surface area contributed by atoms with E-state index in [1.165, 1.54) is 6.07 Å². The molecule has 0 radical (unpaired) electrons. The lowest BCUT2D eigenvalue weighted by Crippen LogP contribution is -2.42. The van der Waals surface area contributed by atoms with E-state index in [9.17, 15) is 22.8 Å². The number of hydrogen-bond donors (Lipinski definition) is 1. The number of methoxy groups -OCH3 is 2. The number of rotatable bonds is 5. The van der Waals surface area contributed by atoms with E-state index in [1.807, 2.05) is 0 Å². The van der Waals surface area contributed by atoms with Crippen LogP contribution in [0.1, 0.15) is 33.6 Å². The third-order valence-corrected chi connectivity index (χ3v) is 5.96. The Morgan fingerprint density at radius 3 is 2.08 bits per heavy atom. The van der Waals surface area contributed by atoms with Gasteiger partial charge in [0, 0.05) is 13.1 Å². The van der Waals surface area contributed by atoms with E-state index in [4.69, 9.17) is 5.11 Å². The Kier molecular flexibility index (Phi) is 5.98. The van der Waals surface area contributed by atoms with Gasteiger partial charge < -0.3 is 14.6 Å².